The quantitative estimate of drug-likeness (QED) is 0.899. The van der Waals surface area contributed by atoms with Crippen LogP contribution in [0.1, 0.15) is 50.2 Å². The number of ether oxygens (including phenoxy) is 1. The van der Waals surface area contributed by atoms with Gasteiger partial charge in [0.2, 0.25) is 0 Å². The minimum absolute atomic E-state index is 0.317. The monoisotopic (exact) mass is 273 g/mol. The molecule has 0 bridgehead atoms. The molecule has 0 radical (unpaired) electrons. The summed E-state index contributed by atoms with van der Waals surface area (Å²) in [5.41, 5.74) is 2.71. The number of fused-ring (bicyclic) bond motifs is 1. The number of benzene rings is 1. The van der Waals surface area contributed by atoms with Crippen LogP contribution >= 0.6 is 0 Å². The van der Waals surface area contributed by atoms with Crippen molar-refractivity contribution in [3.63, 3.8) is 0 Å². The zero-order valence-electron chi connectivity index (χ0n) is 12.8. The third kappa shape index (κ3) is 3.17. The van der Waals surface area contributed by atoms with Crippen LogP contribution in [-0.2, 0) is 6.42 Å². The van der Waals surface area contributed by atoms with Crippen molar-refractivity contribution in [3.05, 3.63) is 29.3 Å². The summed E-state index contributed by atoms with van der Waals surface area (Å²) >= 11 is 0. The largest absolute Gasteiger partial charge is 0.488 e. The second-order valence-corrected chi connectivity index (χ2v) is 6.65. The zero-order valence-corrected chi connectivity index (χ0v) is 12.8. The predicted molar refractivity (Wildman–Crippen MR) is 83.3 cm³/mol. The van der Waals surface area contributed by atoms with E-state index in [-0.39, 0.29) is 0 Å². The van der Waals surface area contributed by atoms with E-state index < -0.39 is 0 Å². The summed E-state index contributed by atoms with van der Waals surface area (Å²) in [6.07, 6.45) is 8.45. The molecule has 1 heterocycles. The van der Waals surface area contributed by atoms with Gasteiger partial charge in [0.05, 0.1) is 0 Å². The van der Waals surface area contributed by atoms with Gasteiger partial charge in [0, 0.05) is 19.0 Å². The summed E-state index contributed by atoms with van der Waals surface area (Å²) in [4.78, 5) is 0. The molecule has 1 aliphatic carbocycles. The summed E-state index contributed by atoms with van der Waals surface area (Å²) in [5.74, 6) is 1.96. The van der Waals surface area contributed by atoms with Crippen LogP contribution in [0.2, 0.25) is 0 Å². The standard InChI is InChI=1S/C18H27NO/c1-13-8-9-18-16(10-13)11-17(20-18)12-19-14(2)15-6-4-3-5-7-15/h8-10,14-15,17,19H,3-7,11-12H2,1-2H3. The first kappa shape index (κ1) is 13.9. The summed E-state index contributed by atoms with van der Waals surface area (Å²) in [6.45, 7) is 5.48. The topological polar surface area (TPSA) is 21.3 Å². The van der Waals surface area contributed by atoms with Gasteiger partial charge in [-0.15, -0.1) is 0 Å². The van der Waals surface area contributed by atoms with Crippen molar-refractivity contribution in [1.82, 2.24) is 5.32 Å². The fraction of sp³-hybridized carbons (Fsp3) is 0.667. The molecule has 1 aromatic rings. The predicted octanol–water partition coefficient (Wildman–Crippen LogP) is 3.86. The highest BCUT2D eigenvalue weighted by molar-refractivity contribution is 5.40. The van der Waals surface area contributed by atoms with Gasteiger partial charge in [-0.3, -0.25) is 0 Å². The van der Waals surface area contributed by atoms with Crippen molar-refractivity contribution < 1.29 is 4.74 Å². The Bertz CT molecular complexity index is 451. The summed E-state index contributed by atoms with van der Waals surface area (Å²) < 4.78 is 6.04. The highest BCUT2D eigenvalue weighted by Crippen LogP contribution is 2.30. The Balaban J connectivity index is 1.48. The van der Waals surface area contributed by atoms with Crippen LogP contribution < -0.4 is 10.1 Å². The molecule has 2 heteroatoms. The Morgan fingerprint density at radius 1 is 1.25 bits per heavy atom. The highest BCUT2D eigenvalue weighted by Gasteiger charge is 2.25. The second kappa shape index (κ2) is 6.17. The lowest BCUT2D eigenvalue weighted by atomic mass is 9.84. The molecule has 1 aliphatic heterocycles. The molecule has 2 aliphatic rings. The minimum Gasteiger partial charge on any atom is -0.488 e. The molecular weight excluding hydrogens is 246 g/mol. The van der Waals surface area contributed by atoms with Crippen molar-refractivity contribution in [2.24, 2.45) is 5.92 Å². The lowest BCUT2D eigenvalue weighted by Crippen LogP contribution is -2.40. The number of nitrogens with one attached hydrogen (secondary N) is 1. The van der Waals surface area contributed by atoms with Crippen molar-refractivity contribution in [2.45, 2.75) is 64.5 Å². The molecule has 0 saturated heterocycles. The van der Waals surface area contributed by atoms with E-state index in [0.717, 1.165) is 24.6 Å². The molecule has 1 N–H and O–H groups in total. The lowest BCUT2D eigenvalue weighted by Gasteiger charge is -2.29. The molecule has 1 aromatic carbocycles. The molecular formula is C18H27NO. The van der Waals surface area contributed by atoms with E-state index >= 15 is 0 Å². The second-order valence-electron chi connectivity index (χ2n) is 6.65. The Kier molecular flexibility index (Phi) is 4.30. The first-order valence-electron chi connectivity index (χ1n) is 8.22. The highest BCUT2D eigenvalue weighted by atomic mass is 16.5. The van der Waals surface area contributed by atoms with E-state index in [1.807, 2.05) is 0 Å². The maximum atomic E-state index is 6.04. The van der Waals surface area contributed by atoms with Crippen LogP contribution in [0.5, 0.6) is 5.75 Å². The SMILES string of the molecule is Cc1ccc2c(c1)CC(CNC(C)C1CCCCC1)O2. The normalized spacial score (nSPS) is 24.2. The molecule has 0 amide bonds. The van der Waals surface area contributed by atoms with Gasteiger partial charge < -0.3 is 10.1 Å². The number of hydrogen-bond donors (Lipinski definition) is 1. The van der Waals surface area contributed by atoms with E-state index in [9.17, 15) is 0 Å². The first-order chi connectivity index (χ1) is 9.72. The summed E-state index contributed by atoms with van der Waals surface area (Å²) in [6, 6.07) is 7.15. The maximum absolute atomic E-state index is 6.04. The molecule has 2 nitrogen and oxygen atoms in total. The van der Waals surface area contributed by atoms with Crippen LogP contribution in [-0.4, -0.2) is 18.7 Å². The summed E-state index contributed by atoms with van der Waals surface area (Å²) in [7, 11) is 0. The van der Waals surface area contributed by atoms with Crippen LogP contribution in [0.3, 0.4) is 0 Å². The fourth-order valence-electron chi connectivity index (χ4n) is 3.68. The van der Waals surface area contributed by atoms with Crippen molar-refractivity contribution >= 4 is 0 Å². The molecule has 1 saturated carbocycles. The van der Waals surface area contributed by atoms with Crippen molar-refractivity contribution in [3.8, 4) is 5.75 Å². The van der Waals surface area contributed by atoms with E-state index in [0.29, 0.717) is 12.1 Å². The Morgan fingerprint density at radius 3 is 2.85 bits per heavy atom. The average molecular weight is 273 g/mol. The molecule has 3 rings (SSSR count). The molecule has 110 valence electrons. The van der Waals surface area contributed by atoms with Crippen molar-refractivity contribution in [1.29, 1.82) is 0 Å². The van der Waals surface area contributed by atoms with Gasteiger partial charge >= 0.3 is 0 Å². The van der Waals surface area contributed by atoms with E-state index in [1.54, 1.807) is 0 Å². The fourth-order valence-corrected chi connectivity index (χ4v) is 3.68. The number of hydrogen-bond acceptors (Lipinski definition) is 2. The van der Waals surface area contributed by atoms with Crippen LogP contribution in [0.15, 0.2) is 18.2 Å². The average Bonchev–Trinajstić information content (AvgIpc) is 2.87. The minimum atomic E-state index is 0.317. The van der Waals surface area contributed by atoms with E-state index in [2.05, 4.69) is 37.4 Å². The van der Waals surface area contributed by atoms with Gasteiger partial charge in [-0.2, -0.15) is 0 Å². The lowest BCUT2D eigenvalue weighted by molar-refractivity contribution is 0.204. The Hall–Kier alpha value is -1.02. The maximum Gasteiger partial charge on any atom is 0.123 e. The van der Waals surface area contributed by atoms with Crippen LogP contribution in [0, 0.1) is 12.8 Å². The third-order valence-corrected chi connectivity index (χ3v) is 4.98. The number of aryl methyl sites for hydroxylation is 1. The van der Waals surface area contributed by atoms with Gasteiger partial charge in [-0.25, -0.2) is 0 Å². The smallest absolute Gasteiger partial charge is 0.123 e. The molecule has 2 atom stereocenters. The van der Waals surface area contributed by atoms with Gasteiger partial charge in [-0.05, 0) is 44.2 Å². The molecule has 1 fully saturated rings. The third-order valence-electron chi connectivity index (χ3n) is 4.98. The first-order valence-corrected chi connectivity index (χ1v) is 8.22. The molecule has 0 aromatic heterocycles. The van der Waals surface area contributed by atoms with Gasteiger partial charge in [0.25, 0.3) is 0 Å². The van der Waals surface area contributed by atoms with Gasteiger partial charge in [0.1, 0.15) is 11.9 Å². The van der Waals surface area contributed by atoms with Gasteiger partial charge in [-0.1, -0.05) is 37.0 Å². The Labute approximate surface area is 122 Å². The Morgan fingerprint density at radius 2 is 2.05 bits per heavy atom. The van der Waals surface area contributed by atoms with Crippen molar-refractivity contribution in [2.75, 3.05) is 6.54 Å². The van der Waals surface area contributed by atoms with E-state index in [4.69, 9.17) is 4.74 Å². The molecule has 20 heavy (non-hydrogen) atoms. The summed E-state index contributed by atoms with van der Waals surface area (Å²) in [5, 5.41) is 3.72. The molecule has 0 spiro atoms. The molecule has 2 unspecified atom stereocenters. The van der Waals surface area contributed by atoms with Crippen LogP contribution in [0.4, 0.5) is 0 Å². The van der Waals surface area contributed by atoms with Crippen LogP contribution in [0.25, 0.3) is 0 Å². The number of rotatable bonds is 4. The van der Waals surface area contributed by atoms with Gasteiger partial charge in [0.15, 0.2) is 0 Å². The zero-order chi connectivity index (χ0) is 13.9. The van der Waals surface area contributed by atoms with E-state index in [1.165, 1.54) is 43.2 Å².